The lowest BCUT2D eigenvalue weighted by molar-refractivity contribution is 0.158. The summed E-state index contributed by atoms with van der Waals surface area (Å²) in [7, 11) is 0. The van der Waals surface area contributed by atoms with Gasteiger partial charge in [0.1, 0.15) is 0 Å². The van der Waals surface area contributed by atoms with Gasteiger partial charge in [-0.3, -0.25) is 0 Å². The van der Waals surface area contributed by atoms with E-state index in [9.17, 15) is 5.11 Å². The van der Waals surface area contributed by atoms with Crippen molar-refractivity contribution in [2.24, 2.45) is 0 Å². The molecular formula is C18H23NO. The molecule has 106 valence electrons. The molecule has 0 aliphatic rings. The Balaban J connectivity index is 1.84. The van der Waals surface area contributed by atoms with E-state index in [1.54, 1.807) is 0 Å². The number of anilines is 2. The van der Waals surface area contributed by atoms with Crippen molar-refractivity contribution in [2.75, 3.05) is 5.32 Å². The Morgan fingerprint density at radius 1 is 0.950 bits per heavy atom. The van der Waals surface area contributed by atoms with E-state index in [-0.39, 0.29) is 6.10 Å². The maximum atomic E-state index is 9.53. The second kappa shape index (κ2) is 7.71. The second-order valence-corrected chi connectivity index (χ2v) is 5.14. The number of aliphatic hydroxyl groups excluding tert-OH is 1. The van der Waals surface area contributed by atoms with Crippen LogP contribution >= 0.6 is 0 Å². The van der Waals surface area contributed by atoms with Gasteiger partial charge in [-0.2, -0.15) is 0 Å². The fourth-order valence-electron chi connectivity index (χ4n) is 2.19. The molecule has 0 aliphatic carbocycles. The molecule has 2 aromatic carbocycles. The molecule has 20 heavy (non-hydrogen) atoms. The predicted molar refractivity (Wildman–Crippen MR) is 85.4 cm³/mol. The van der Waals surface area contributed by atoms with Crippen LogP contribution in [-0.4, -0.2) is 11.2 Å². The van der Waals surface area contributed by atoms with E-state index in [0.29, 0.717) is 0 Å². The minimum Gasteiger partial charge on any atom is -0.393 e. The molecule has 1 unspecified atom stereocenters. The number of nitrogens with one attached hydrogen (secondary N) is 1. The third-order valence-electron chi connectivity index (χ3n) is 3.49. The third kappa shape index (κ3) is 4.71. The number of aryl methyl sites for hydroxylation is 1. The summed E-state index contributed by atoms with van der Waals surface area (Å²) in [5.74, 6) is 0. The molecule has 0 radical (unpaired) electrons. The molecule has 0 amide bonds. The van der Waals surface area contributed by atoms with Crippen molar-refractivity contribution in [1.82, 2.24) is 0 Å². The van der Waals surface area contributed by atoms with Crippen molar-refractivity contribution in [3.05, 3.63) is 60.2 Å². The van der Waals surface area contributed by atoms with Crippen LogP contribution in [0.5, 0.6) is 0 Å². The molecule has 0 bridgehead atoms. The molecule has 0 saturated carbocycles. The monoisotopic (exact) mass is 269 g/mol. The number of benzene rings is 2. The second-order valence-electron chi connectivity index (χ2n) is 5.14. The number of hydrogen-bond acceptors (Lipinski definition) is 2. The summed E-state index contributed by atoms with van der Waals surface area (Å²) in [6.07, 6.45) is 3.66. The van der Waals surface area contributed by atoms with Gasteiger partial charge in [0, 0.05) is 11.4 Å². The summed E-state index contributed by atoms with van der Waals surface area (Å²) in [5, 5.41) is 12.9. The zero-order valence-electron chi connectivity index (χ0n) is 12.0. The Hall–Kier alpha value is -1.80. The van der Waals surface area contributed by atoms with Crippen LogP contribution in [0.4, 0.5) is 11.4 Å². The number of rotatable bonds is 7. The first-order valence-electron chi connectivity index (χ1n) is 7.37. The average molecular weight is 269 g/mol. The SMILES string of the molecule is CCC(O)CCCc1ccc(Nc2ccccc2)cc1. The van der Waals surface area contributed by atoms with Crippen molar-refractivity contribution in [2.45, 2.75) is 38.7 Å². The number of aliphatic hydroxyl groups is 1. The summed E-state index contributed by atoms with van der Waals surface area (Å²) in [6, 6.07) is 18.7. The fraction of sp³-hybridized carbons (Fsp3) is 0.333. The molecule has 2 nitrogen and oxygen atoms in total. The van der Waals surface area contributed by atoms with Gasteiger partial charge in [0.25, 0.3) is 0 Å². The Morgan fingerprint density at radius 3 is 2.25 bits per heavy atom. The van der Waals surface area contributed by atoms with Crippen molar-refractivity contribution in [3.8, 4) is 0 Å². The molecule has 2 N–H and O–H groups in total. The van der Waals surface area contributed by atoms with Crippen molar-refractivity contribution < 1.29 is 5.11 Å². The molecule has 2 heteroatoms. The topological polar surface area (TPSA) is 32.3 Å². The van der Waals surface area contributed by atoms with Gasteiger partial charge >= 0.3 is 0 Å². The van der Waals surface area contributed by atoms with Gasteiger partial charge in [0.15, 0.2) is 0 Å². The summed E-state index contributed by atoms with van der Waals surface area (Å²) >= 11 is 0. The van der Waals surface area contributed by atoms with E-state index in [0.717, 1.165) is 37.1 Å². The highest BCUT2D eigenvalue weighted by Gasteiger charge is 2.01. The van der Waals surface area contributed by atoms with Crippen LogP contribution in [0.2, 0.25) is 0 Å². The lowest BCUT2D eigenvalue weighted by atomic mass is 10.0. The number of hydrogen-bond donors (Lipinski definition) is 2. The van der Waals surface area contributed by atoms with E-state index >= 15 is 0 Å². The Bertz CT molecular complexity index is 493. The normalized spacial score (nSPS) is 12.1. The smallest absolute Gasteiger partial charge is 0.0537 e. The first-order valence-corrected chi connectivity index (χ1v) is 7.37. The summed E-state index contributed by atoms with van der Waals surface area (Å²) in [6.45, 7) is 2.02. The molecule has 0 aliphatic heterocycles. The highest BCUT2D eigenvalue weighted by atomic mass is 16.3. The van der Waals surface area contributed by atoms with Crippen LogP contribution in [0.25, 0.3) is 0 Å². The van der Waals surface area contributed by atoms with Crippen LogP contribution < -0.4 is 5.32 Å². The third-order valence-corrected chi connectivity index (χ3v) is 3.49. The van der Waals surface area contributed by atoms with Gasteiger partial charge in [0.2, 0.25) is 0 Å². The van der Waals surface area contributed by atoms with Crippen molar-refractivity contribution in [1.29, 1.82) is 0 Å². The van der Waals surface area contributed by atoms with E-state index < -0.39 is 0 Å². The minimum absolute atomic E-state index is 0.144. The quantitative estimate of drug-likeness (QED) is 0.774. The highest BCUT2D eigenvalue weighted by Crippen LogP contribution is 2.17. The van der Waals surface area contributed by atoms with Gasteiger partial charge in [-0.15, -0.1) is 0 Å². The summed E-state index contributed by atoms with van der Waals surface area (Å²) < 4.78 is 0. The van der Waals surface area contributed by atoms with Gasteiger partial charge in [0.05, 0.1) is 6.10 Å². The average Bonchev–Trinajstić information content (AvgIpc) is 2.50. The first kappa shape index (κ1) is 14.6. The van der Waals surface area contributed by atoms with E-state index in [4.69, 9.17) is 0 Å². The zero-order valence-corrected chi connectivity index (χ0v) is 12.0. The van der Waals surface area contributed by atoms with Crippen LogP contribution in [-0.2, 0) is 6.42 Å². The zero-order chi connectivity index (χ0) is 14.2. The van der Waals surface area contributed by atoms with Crippen LogP contribution in [0.15, 0.2) is 54.6 Å². The highest BCUT2D eigenvalue weighted by molar-refractivity contribution is 5.59. The minimum atomic E-state index is -0.144. The fourth-order valence-corrected chi connectivity index (χ4v) is 2.19. The molecule has 2 rings (SSSR count). The lowest BCUT2D eigenvalue weighted by Gasteiger charge is -2.09. The van der Waals surface area contributed by atoms with Gasteiger partial charge in [-0.05, 0) is 55.5 Å². The maximum Gasteiger partial charge on any atom is 0.0537 e. The van der Waals surface area contributed by atoms with Crippen LogP contribution in [0.1, 0.15) is 31.7 Å². The van der Waals surface area contributed by atoms with Crippen molar-refractivity contribution >= 4 is 11.4 Å². The maximum absolute atomic E-state index is 9.53. The lowest BCUT2D eigenvalue weighted by Crippen LogP contribution is -2.04. The van der Waals surface area contributed by atoms with Gasteiger partial charge in [-0.25, -0.2) is 0 Å². The standard InChI is InChI=1S/C18H23NO/c1-2-18(20)10-6-7-15-11-13-17(14-12-15)19-16-8-4-3-5-9-16/h3-5,8-9,11-14,18-20H,2,6-7,10H2,1H3. The Kier molecular flexibility index (Phi) is 5.63. The number of para-hydroxylation sites is 1. The Morgan fingerprint density at radius 2 is 1.60 bits per heavy atom. The summed E-state index contributed by atoms with van der Waals surface area (Å²) in [4.78, 5) is 0. The summed E-state index contributed by atoms with van der Waals surface area (Å²) in [5.41, 5.74) is 3.53. The molecule has 0 aromatic heterocycles. The largest absolute Gasteiger partial charge is 0.393 e. The molecule has 0 spiro atoms. The van der Waals surface area contributed by atoms with Crippen LogP contribution in [0, 0.1) is 0 Å². The molecule has 2 aromatic rings. The van der Waals surface area contributed by atoms with Gasteiger partial charge < -0.3 is 10.4 Å². The van der Waals surface area contributed by atoms with Crippen molar-refractivity contribution in [3.63, 3.8) is 0 Å². The molecule has 1 atom stereocenters. The first-order chi connectivity index (χ1) is 9.78. The van der Waals surface area contributed by atoms with Gasteiger partial charge in [-0.1, -0.05) is 37.3 Å². The van der Waals surface area contributed by atoms with E-state index in [1.807, 2.05) is 25.1 Å². The Labute approximate surface area is 121 Å². The molecular weight excluding hydrogens is 246 g/mol. The predicted octanol–water partition coefficient (Wildman–Crippen LogP) is 4.52. The molecule has 0 fully saturated rings. The van der Waals surface area contributed by atoms with Crippen LogP contribution in [0.3, 0.4) is 0 Å². The van der Waals surface area contributed by atoms with E-state index in [1.165, 1.54) is 5.56 Å². The molecule has 0 heterocycles. The molecule has 0 saturated heterocycles. The van der Waals surface area contributed by atoms with E-state index in [2.05, 4.69) is 41.7 Å².